The molecule has 2 N–H and O–H groups in total. The highest BCUT2D eigenvalue weighted by atomic mass is 79.9. The van der Waals surface area contributed by atoms with Gasteiger partial charge in [-0.2, -0.15) is 0 Å². The first-order valence-electron chi connectivity index (χ1n) is 10.5. The van der Waals surface area contributed by atoms with Crippen molar-refractivity contribution in [2.75, 3.05) is 31.1 Å². The third-order valence-electron chi connectivity index (χ3n) is 6.26. The van der Waals surface area contributed by atoms with Gasteiger partial charge < -0.3 is 15.3 Å². The van der Waals surface area contributed by atoms with Crippen molar-refractivity contribution in [1.82, 2.24) is 9.88 Å². The van der Waals surface area contributed by atoms with Crippen molar-refractivity contribution in [1.29, 1.82) is 0 Å². The first kappa shape index (κ1) is 20.6. The van der Waals surface area contributed by atoms with E-state index in [1.807, 2.05) is 30.5 Å². The molecule has 1 aromatic carbocycles. The molecule has 0 bridgehead atoms. The highest BCUT2D eigenvalue weighted by Gasteiger charge is 2.30. The smallest absolute Gasteiger partial charge is 0.255 e. The molecule has 2 fully saturated rings. The number of piperidine rings is 1. The van der Waals surface area contributed by atoms with Gasteiger partial charge in [0.1, 0.15) is 0 Å². The summed E-state index contributed by atoms with van der Waals surface area (Å²) in [4.78, 5) is 14.9. The van der Waals surface area contributed by atoms with E-state index in [-0.39, 0.29) is 5.56 Å². The Hall–Kier alpha value is -1.63. The van der Waals surface area contributed by atoms with Gasteiger partial charge in [-0.05, 0) is 97.7 Å². The lowest BCUT2D eigenvalue weighted by Gasteiger charge is -2.43. The molecule has 0 amide bonds. The number of nitrogens with zero attached hydrogens (tertiary/aromatic N) is 2. The number of halogens is 1. The zero-order valence-electron chi connectivity index (χ0n) is 17.2. The minimum atomic E-state index is -0.922. The summed E-state index contributed by atoms with van der Waals surface area (Å²) in [6, 6.07) is 9.22. The first-order valence-corrected chi connectivity index (χ1v) is 11.3. The topological polar surface area (TPSA) is 57.5 Å². The van der Waals surface area contributed by atoms with Gasteiger partial charge in [0.05, 0.1) is 17.0 Å². The van der Waals surface area contributed by atoms with Gasteiger partial charge in [0.25, 0.3) is 5.56 Å². The lowest BCUT2D eigenvalue weighted by molar-refractivity contribution is 0.0785. The molecule has 156 valence electrons. The van der Waals surface area contributed by atoms with Gasteiger partial charge in [-0.25, -0.2) is 0 Å². The van der Waals surface area contributed by atoms with E-state index in [9.17, 15) is 9.90 Å². The van der Waals surface area contributed by atoms with Crippen molar-refractivity contribution in [3.63, 3.8) is 0 Å². The van der Waals surface area contributed by atoms with E-state index in [4.69, 9.17) is 0 Å². The van der Waals surface area contributed by atoms with Crippen molar-refractivity contribution in [2.24, 2.45) is 11.8 Å². The van der Waals surface area contributed by atoms with Crippen molar-refractivity contribution >= 4 is 21.6 Å². The highest BCUT2D eigenvalue weighted by Crippen LogP contribution is 2.32. The Balaban J connectivity index is 1.48. The predicted molar refractivity (Wildman–Crippen MR) is 121 cm³/mol. The van der Waals surface area contributed by atoms with E-state index >= 15 is 0 Å². The number of pyridine rings is 1. The van der Waals surface area contributed by atoms with Crippen LogP contribution < -0.4 is 15.8 Å². The van der Waals surface area contributed by atoms with Crippen molar-refractivity contribution < 1.29 is 5.11 Å². The Morgan fingerprint density at radius 3 is 2.52 bits per heavy atom. The minimum absolute atomic E-state index is 0.0581. The SMILES string of the molecule is CC(C)(O)c1ccc(-n2cc(N3CC(CC4CCNCC4)C3)ccc2=O)c(Br)c1. The lowest BCUT2D eigenvalue weighted by atomic mass is 9.84. The number of aromatic nitrogens is 1. The molecule has 0 unspecified atom stereocenters. The normalized spacial score (nSPS) is 18.7. The van der Waals surface area contributed by atoms with E-state index in [1.54, 1.807) is 24.5 Å². The van der Waals surface area contributed by atoms with E-state index in [0.29, 0.717) is 0 Å². The summed E-state index contributed by atoms with van der Waals surface area (Å²) >= 11 is 3.58. The monoisotopic (exact) mass is 459 g/mol. The fourth-order valence-corrected chi connectivity index (χ4v) is 5.02. The molecule has 2 aliphatic heterocycles. The maximum atomic E-state index is 12.5. The number of hydrogen-bond donors (Lipinski definition) is 2. The van der Waals surface area contributed by atoms with Crippen molar-refractivity contribution in [3.8, 4) is 5.69 Å². The number of anilines is 1. The van der Waals surface area contributed by atoms with Gasteiger partial charge in [-0.1, -0.05) is 6.07 Å². The maximum Gasteiger partial charge on any atom is 0.255 e. The number of hydrogen-bond acceptors (Lipinski definition) is 4. The van der Waals surface area contributed by atoms with Gasteiger partial charge in [0, 0.05) is 29.8 Å². The molecular weight excluding hydrogens is 430 g/mol. The third-order valence-corrected chi connectivity index (χ3v) is 6.89. The van der Waals surface area contributed by atoms with Gasteiger partial charge in [-0.3, -0.25) is 9.36 Å². The molecule has 2 aliphatic rings. The summed E-state index contributed by atoms with van der Waals surface area (Å²) < 4.78 is 2.48. The van der Waals surface area contributed by atoms with Crippen LogP contribution in [0.1, 0.15) is 38.7 Å². The summed E-state index contributed by atoms with van der Waals surface area (Å²) in [5, 5.41) is 13.7. The predicted octanol–water partition coefficient (Wildman–Crippen LogP) is 3.65. The number of nitrogens with one attached hydrogen (secondary N) is 1. The van der Waals surface area contributed by atoms with Crippen LogP contribution in [-0.4, -0.2) is 35.9 Å². The molecule has 2 saturated heterocycles. The number of aliphatic hydroxyl groups is 1. The van der Waals surface area contributed by atoms with E-state index in [0.717, 1.165) is 59.4 Å². The van der Waals surface area contributed by atoms with Crippen LogP contribution in [0.4, 0.5) is 5.69 Å². The molecule has 0 spiro atoms. The second kappa shape index (κ2) is 8.25. The van der Waals surface area contributed by atoms with E-state index in [1.165, 1.54) is 19.3 Å². The third kappa shape index (κ3) is 4.60. The van der Waals surface area contributed by atoms with Crippen LogP contribution in [0.25, 0.3) is 5.69 Å². The Morgan fingerprint density at radius 1 is 1.14 bits per heavy atom. The Morgan fingerprint density at radius 2 is 1.86 bits per heavy atom. The molecule has 5 nitrogen and oxygen atoms in total. The quantitative estimate of drug-likeness (QED) is 0.716. The largest absolute Gasteiger partial charge is 0.386 e. The molecule has 1 aromatic heterocycles. The van der Waals surface area contributed by atoms with Gasteiger partial charge in [-0.15, -0.1) is 0 Å². The van der Waals surface area contributed by atoms with Gasteiger partial charge >= 0.3 is 0 Å². The second-order valence-corrected chi connectivity index (χ2v) is 9.88. The average Bonchev–Trinajstić information content (AvgIpc) is 2.65. The average molecular weight is 460 g/mol. The molecule has 0 saturated carbocycles. The minimum Gasteiger partial charge on any atom is -0.386 e. The molecular formula is C23H30BrN3O2. The van der Waals surface area contributed by atoms with Gasteiger partial charge in [0.15, 0.2) is 0 Å². The van der Waals surface area contributed by atoms with Crippen LogP contribution in [0.3, 0.4) is 0 Å². The molecule has 0 aliphatic carbocycles. The molecule has 4 rings (SSSR count). The second-order valence-electron chi connectivity index (χ2n) is 9.02. The molecule has 3 heterocycles. The zero-order chi connectivity index (χ0) is 20.6. The lowest BCUT2D eigenvalue weighted by Crippen LogP contribution is -2.48. The molecule has 2 aromatic rings. The van der Waals surface area contributed by atoms with E-state index < -0.39 is 5.60 Å². The fraction of sp³-hybridized carbons (Fsp3) is 0.522. The van der Waals surface area contributed by atoms with Crippen LogP contribution in [0.15, 0.2) is 45.8 Å². The fourth-order valence-electron chi connectivity index (χ4n) is 4.45. The van der Waals surface area contributed by atoms with Crippen molar-refractivity contribution in [2.45, 2.75) is 38.7 Å². The van der Waals surface area contributed by atoms with Crippen LogP contribution in [0, 0.1) is 11.8 Å². The van der Waals surface area contributed by atoms with Crippen LogP contribution in [0.2, 0.25) is 0 Å². The molecule has 0 radical (unpaired) electrons. The summed E-state index contributed by atoms with van der Waals surface area (Å²) in [6.07, 6.45) is 5.86. The first-order chi connectivity index (χ1) is 13.8. The van der Waals surface area contributed by atoms with Crippen LogP contribution in [-0.2, 0) is 5.60 Å². The summed E-state index contributed by atoms with van der Waals surface area (Å²) in [5.74, 6) is 1.62. The van der Waals surface area contributed by atoms with Gasteiger partial charge in [0.2, 0.25) is 0 Å². The summed E-state index contributed by atoms with van der Waals surface area (Å²) in [6.45, 7) is 7.97. The molecule has 29 heavy (non-hydrogen) atoms. The summed E-state index contributed by atoms with van der Waals surface area (Å²) in [5.41, 5.74) is 1.70. The highest BCUT2D eigenvalue weighted by molar-refractivity contribution is 9.10. The summed E-state index contributed by atoms with van der Waals surface area (Å²) in [7, 11) is 0. The van der Waals surface area contributed by atoms with Crippen LogP contribution >= 0.6 is 15.9 Å². The Bertz CT molecular complexity index is 922. The maximum absolute atomic E-state index is 12.5. The standard InChI is InChI=1S/C23H30BrN3O2/c1-23(2,29)18-3-5-21(20(24)12-18)27-15-19(4-6-22(27)28)26-13-17(14-26)11-16-7-9-25-10-8-16/h3-6,12,15-17,25,29H,7-11,13-14H2,1-2H3. The molecule has 0 atom stereocenters. The van der Waals surface area contributed by atoms with Crippen molar-refractivity contribution in [3.05, 3.63) is 56.9 Å². The zero-order valence-corrected chi connectivity index (χ0v) is 18.8. The Labute approximate surface area is 180 Å². The van der Waals surface area contributed by atoms with Crippen LogP contribution in [0.5, 0.6) is 0 Å². The Kier molecular flexibility index (Phi) is 5.87. The number of rotatable bonds is 5. The molecule has 6 heteroatoms. The van der Waals surface area contributed by atoms with E-state index in [2.05, 4.69) is 26.1 Å². The number of benzene rings is 1.